The highest BCUT2D eigenvalue weighted by Crippen LogP contribution is 2.07. The third-order valence-electron chi connectivity index (χ3n) is 2.87. The Bertz CT molecular complexity index is 354. The van der Waals surface area contributed by atoms with Gasteiger partial charge in [-0.3, -0.25) is 0 Å². The first-order valence-corrected chi connectivity index (χ1v) is 6.39. The Kier molecular flexibility index (Phi) is 6.22. The summed E-state index contributed by atoms with van der Waals surface area (Å²) in [5.74, 6) is 5.72. The van der Waals surface area contributed by atoms with E-state index in [1.807, 2.05) is 37.3 Å². The van der Waals surface area contributed by atoms with Gasteiger partial charge in [0.05, 0.1) is 0 Å². The highest BCUT2D eigenvalue weighted by atomic mass is 16.6. The Morgan fingerprint density at radius 1 is 1.39 bits per heavy atom. The Hall–Kier alpha value is -1.55. The van der Waals surface area contributed by atoms with Crippen LogP contribution in [0.25, 0.3) is 0 Å². The molecule has 1 atom stereocenters. The molecule has 2 N–H and O–H groups in total. The van der Waals surface area contributed by atoms with Gasteiger partial charge in [0, 0.05) is 6.04 Å². The van der Waals surface area contributed by atoms with Crippen LogP contribution in [0.3, 0.4) is 0 Å². The molecule has 0 saturated heterocycles. The number of rotatable bonds is 6. The average molecular weight is 250 g/mol. The predicted molar refractivity (Wildman–Crippen MR) is 71.6 cm³/mol. The Labute approximate surface area is 109 Å². The molecule has 4 heteroatoms. The van der Waals surface area contributed by atoms with Gasteiger partial charge in [0.25, 0.3) is 0 Å². The van der Waals surface area contributed by atoms with Gasteiger partial charge in [-0.1, -0.05) is 50.1 Å². The number of unbranched alkanes of at least 4 members (excludes halogenated alkanes) is 1. The fourth-order valence-corrected chi connectivity index (χ4v) is 1.61. The highest BCUT2D eigenvalue weighted by molar-refractivity contribution is 5.67. The first kappa shape index (κ1) is 14.5. The summed E-state index contributed by atoms with van der Waals surface area (Å²) in [4.78, 5) is 11.7. The molecule has 18 heavy (non-hydrogen) atoms. The topological polar surface area (TPSA) is 55.6 Å². The number of carbonyl (C=O) groups is 1. The van der Waals surface area contributed by atoms with Crippen LogP contribution in [-0.2, 0) is 11.3 Å². The third kappa shape index (κ3) is 4.75. The molecular weight excluding hydrogens is 228 g/mol. The number of hydrogen-bond acceptors (Lipinski definition) is 3. The van der Waals surface area contributed by atoms with Crippen molar-refractivity contribution >= 4 is 6.09 Å². The van der Waals surface area contributed by atoms with E-state index in [-0.39, 0.29) is 12.6 Å². The van der Waals surface area contributed by atoms with Gasteiger partial charge >= 0.3 is 6.09 Å². The van der Waals surface area contributed by atoms with Crippen LogP contribution in [0.15, 0.2) is 30.3 Å². The number of nitrogens with two attached hydrogens (primary N) is 1. The molecule has 0 heterocycles. The van der Waals surface area contributed by atoms with E-state index in [1.165, 1.54) is 5.01 Å². The zero-order chi connectivity index (χ0) is 13.4. The van der Waals surface area contributed by atoms with E-state index in [0.29, 0.717) is 0 Å². The first-order valence-electron chi connectivity index (χ1n) is 6.39. The summed E-state index contributed by atoms with van der Waals surface area (Å²) in [7, 11) is 0. The minimum atomic E-state index is -0.470. The number of ether oxygens (including phenoxy) is 1. The second kappa shape index (κ2) is 7.71. The van der Waals surface area contributed by atoms with E-state index in [2.05, 4.69) is 6.92 Å². The minimum absolute atomic E-state index is 0.00761. The maximum atomic E-state index is 11.7. The molecule has 1 amide bonds. The van der Waals surface area contributed by atoms with Gasteiger partial charge in [-0.2, -0.15) is 0 Å². The van der Waals surface area contributed by atoms with Crippen LogP contribution < -0.4 is 5.84 Å². The van der Waals surface area contributed by atoms with E-state index in [0.717, 1.165) is 24.8 Å². The zero-order valence-electron chi connectivity index (χ0n) is 11.1. The van der Waals surface area contributed by atoms with Crippen LogP contribution in [0.1, 0.15) is 38.7 Å². The number of hydrogen-bond donors (Lipinski definition) is 1. The number of carbonyl (C=O) groups excluding carboxylic acids is 1. The van der Waals surface area contributed by atoms with Crippen molar-refractivity contribution < 1.29 is 9.53 Å². The Balaban J connectivity index is 2.36. The third-order valence-corrected chi connectivity index (χ3v) is 2.87. The lowest BCUT2D eigenvalue weighted by molar-refractivity contribution is 0.0812. The molecule has 1 unspecified atom stereocenters. The van der Waals surface area contributed by atoms with Gasteiger partial charge in [0.1, 0.15) is 6.61 Å². The van der Waals surface area contributed by atoms with E-state index in [9.17, 15) is 4.79 Å². The maximum Gasteiger partial charge on any atom is 0.424 e. The van der Waals surface area contributed by atoms with Crippen molar-refractivity contribution in [3.8, 4) is 0 Å². The van der Waals surface area contributed by atoms with Crippen LogP contribution in [-0.4, -0.2) is 17.1 Å². The normalized spacial score (nSPS) is 11.9. The quantitative estimate of drug-likeness (QED) is 0.479. The second-order valence-electron chi connectivity index (χ2n) is 4.44. The molecule has 1 aromatic rings. The van der Waals surface area contributed by atoms with Crippen LogP contribution in [0.5, 0.6) is 0 Å². The Morgan fingerprint density at radius 3 is 2.67 bits per heavy atom. The summed E-state index contributed by atoms with van der Waals surface area (Å²) in [6.07, 6.45) is 2.58. The van der Waals surface area contributed by atoms with Gasteiger partial charge in [-0.25, -0.2) is 15.6 Å². The SMILES string of the molecule is CCCCC(C)N(N)C(=O)OCc1ccccc1. The first-order chi connectivity index (χ1) is 8.65. The van der Waals surface area contributed by atoms with E-state index in [1.54, 1.807) is 0 Å². The van der Waals surface area contributed by atoms with Crippen molar-refractivity contribution in [2.45, 2.75) is 45.8 Å². The van der Waals surface area contributed by atoms with Crippen molar-refractivity contribution in [3.05, 3.63) is 35.9 Å². The Morgan fingerprint density at radius 2 is 2.06 bits per heavy atom. The molecule has 0 aromatic heterocycles. The van der Waals surface area contributed by atoms with Crippen LogP contribution in [0, 0.1) is 0 Å². The predicted octanol–water partition coefficient (Wildman–Crippen LogP) is 3.08. The van der Waals surface area contributed by atoms with Crippen molar-refractivity contribution in [2.75, 3.05) is 0 Å². The molecule has 0 aliphatic rings. The molecule has 0 fully saturated rings. The zero-order valence-corrected chi connectivity index (χ0v) is 11.1. The molecular formula is C14H22N2O2. The fourth-order valence-electron chi connectivity index (χ4n) is 1.61. The molecule has 0 spiro atoms. The van der Waals surface area contributed by atoms with Gasteiger partial charge in [0.15, 0.2) is 0 Å². The largest absolute Gasteiger partial charge is 0.444 e. The average Bonchev–Trinajstić information content (AvgIpc) is 2.42. The number of benzene rings is 1. The minimum Gasteiger partial charge on any atom is -0.444 e. The molecule has 1 aromatic carbocycles. The lowest BCUT2D eigenvalue weighted by Gasteiger charge is -2.23. The number of nitrogens with zero attached hydrogens (tertiary/aromatic N) is 1. The monoisotopic (exact) mass is 250 g/mol. The highest BCUT2D eigenvalue weighted by Gasteiger charge is 2.17. The lowest BCUT2D eigenvalue weighted by atomic mass is 10.1. The summed E-state index contributed by atoms with van der Waals surface area (Å²) in [5, 5.41) is 1.18. The summed E-state index contributed by atoms with van der Waals surface area (Å²) < 4.78 is 5.15. The van der Waals surface area contributed by atoms with Gasteiger partial charge in [-0.15, -0.1) is 0 Å². The number of amides is 1. The molecule has 0 bridgehead atoms. The molecule has 0 aliphatic carbocycles. The van der Waals surface area contributed by atoms with Crippen LogP contribution in [0.2, 0.25) is 0 Å². The molecule has 100 valence electrons. The fraction of sp³-hybridized carbons (Fsp3) is 0.500. The van der Waals surface area contributed by atoms with Gasteiger partial charge < -0.3 is 4.74 Å². The summed E-state index contributed by atoms with van der Waals surface area (Å²) in [6, 6.07) is 9.57. The summed E-state index contributed by atoms with van der Waals surface area (Å²) in [5.41, 5.74) is 0.959. The summed E-state index contributed by atoms with van der Waals surface area (Å²) >= 11 is 0. The van der Waals surface area contributed by atoms with Crippen molar-refractivity contribution in [1.29, 1.82) is 0 Å². The van der Waals surface area contributed by atoms with E-state index in [4.69, 9.17) is 10.6 Å². The second-order valence-corrected chi connectivity index (χ2v) is 4.44. The molecule has 1 rings (SSSR count). The molecule has 4 nitrogen and oxygen atoms in total. The molecule has 0 saturated carbocycles. The maximum absolute atomic E-state index is 11.7. The smallest absolute Gasteiger partial charge is 0.424 e. The summed E-state index contributed by atoms with van der Waals surface area (Å²) in [6.45, 7) is 4.30. The van der Waals surface area contributed by atoms with Gasteiger partial charge in [0.2, 0.25) is 0 Å². The van der Waals surface area contributed by atoms with Crippen LogP contribution in [0.4, 0.5) is 4.79 Å². The van der Waals surface area contributed by atoms with E-state index < -0.39 is 6.09 Å². The number of hydrazine groups is 1. The van der Waals surface area contributed by atoms with Crippen molar-refractivity contribution in [1.82, 2.24) is 5.01 Å². The standard InChI is InChI=1S/C14H22N2O2/c1-3-4-8-12(2)16(15)14(17)18-11-13-9-6-5-7-10-13/h5-7,9-10,12H,3-4,8,11,15H2,1-2H3. The van der Waals surface area contributed by atoms with Crippen molar-refractivity contribution in [2.24, 2.45) is 5.84 Å². The van der Waals surface area contributed by atoms with Crippen molar-refractivity contribution in [3.63, 3.8) is 0 Å². The van der Waals surface area contributed by atoms with E-state index >= 15 is 0 Å². The lowest BCUT2D eigenvalue weighted by Crippen LogP contribution is -2.44. The molecule has 0 aliphatic heterocycles. The van der Waals surface area contributed by atoms with Gasteiger partial charge in [-0.05, 0) is 18.9 Å². The molecule has 0 radical (unpaired) electrons. The van der Waals surface area contributed by atoms with Crippen LogP contribution >= 0.6 is 0 Å².